The molecule has 3 N–H and O–H groups in total. The standard InChI is InChI=1S/C40H40ClFN4O3/c1-2-10-31(38(43)47)32(22-26-11-8-12-26)39(48)44-35-25-45(30-15-4-3-5-16-30)36-17-6-7-18-37(36)46(40(35)49)24-27-13-9-14-28(21-27)29-19-20-34(42)33(41)23-29/h2-7,9,13-21,23,26,31-32,35H,1,8,10-12,22,24-25H2,(H2,43,47)(H,44,48)/t31-,32+,35?/m0/s1. The number of rotatable bonds is 12. The number of nitrogens with one attached hydrogen (secondary N) is 1. The van der Waals surface area contributed by atoms with Gasteiger partial charge in [0.2, 0.25) is 11.8 Å². The molecule has 0 radical (unpaired) electrons. The van der Waals surface area contributed by atoms with E-state index in [2.05, 4.69) is 11.9 Å². The first-order chi connectivity index (χ1) is 23.7. The summed E-state index contributed by atoms with van der Waals surface area (Å²) < 4.78 is 13.9. The number of para-hydroxylation sites is 3. The van der Waals surface area contributed by atoms with E-state index in [1.54, 1.807) is 23.1 Å². The summed E-state index contributed by atoms with van der Waals surface area (Å²) in [7, 11) is 0. The molecule has 1 fully saturated rings. The van der Waals surface area contributed by atoms with Crippen molar-refractivity contribution in [2.24, 2.45) is 23.5 Å². The van der Waals surface area contributed by atoms with Crippen molar-refractivity contribution in [2.75, 3.05) is 16.3 Å². The molecule has 4 aromatic carbocycles. The van der Waals surface area contributed by atoms with Crippen LogP contribution in [0.2, 0.25) is 5.02 Å². The molecule has 2 aliphatic rings. The minimum Gasteiger partial charge on any atom is -0.369 e. The van der Waals surface area contributed by atoms with Gasteiger partial charge in [-0.2, -0.15) is 0 Å². The number of fused-ring (bicyclic) bond motifs is 1. The number of amides is 3. The van der Waals surface area contributed by atoms with Gasteiger partial charge in [0.05, 0.1) is 41.3 Å². The van der Waals surface area contributed by atoms with Crippen LogP contribution in [0, 0.1) is 23.6 Å². The van der Waals surface area contributed by atoms with Gasteiger partial charge in [-0.05, 0) is 77.9 Å². The summed E-state index contributed by atoms with van der Waals surface area (Å²) in [5, 5.41) is 3.12. The molecule has 49 heavy (non-hydrogen) atoms. The summed E-state index contributed by atoms with van der Waals surface area (Å²) in [6, 6.07) is 28.8. The van der Waals surface area contributed by atoms with E-state index in [-0.39, 0.29) is 36.3 Å². The molecule has 0 bridgehead atoms. The lowest BCUT2D eigenvalue weighted by atomic mass is 9.74. The van der Waals surface area contributed by atoms with Gasteiger partial charge in [-0.1, -0.05) is 91.5 Å². The predicted molar refractivity (Wildman–Crippen MR) is 193 cm³/mol. The second-order valence-corrected chi connectivity index (χ2v) is 13.3. The normalized spacial score (nSPS) is 17.3. The van der Waals surface area contributed by atoms with Crippen LogP contribution < -0.4 is 20.9 Å². The van der Waals surface area contributed by atoms with Crippen molar-refractivity contribution in [2.45, 2.75) is 44.7 Å². The van der Waals surface area contributed by atoms with E-state index in [1.165, 1.54) is 6.07 Å². The molecular weight excluding hydrogens is 639 g/mol. The van der Waals surface area contributed by atoms with Gasteiger partial charge < -0.3 is 20.9 Å². The number of halogens is 2. The summed E-state index contributed by atoms with van der Waals surface area (Å²) in [6.07, 6.45) is 5.52. The summed E-state index contributed by atoms with van der Waals surface area (Å²) in [4.78, 5) is 45.3. The summed E-state index contributed by atoms with van der Waals surface area (Å²) in [5.41, 5.74) is 10.6. The fraction of sp³-hybridized carbons (Fsp3) is 0.275. The van der Waals surface area contributed by atoms with Crippen molar-refractivity contribution in [3.05, 3.63) is 126 Å². The Bertz CT molecular complexity index is 1850. The number of carbonyl (C=O) groups is 3. The lowest BCUT2D eigenvalue weighted by Gasteiger charge is -2.33. The van der Waals surface area contributed by atoms with Crippen LogP contribution in [0.15, 0.2) is 110 Å². The van der Waals surface area contributed by atoms with Crippen molar-refractivity contribution in [3.63, 3.8) is 0 Å². The Kier molecular flexibility index (Phi) is 10.4. The monoisotopic (exact) mass is 678 g/mol. The van der Waals surface area contributed by atoms with Gasteiger partial charge in [0.1, 0.15) is 11.9 Å². The van der Waals surface area contributed by atoms with Crippen LogP contribution in [0.5, 0.6) is 0 Å². The number of primary amides is 1. The Hall–Kier alpha value is -4.95. The highest BCUT2D eigenvalue weighted by atomic mass is 35.5. The van der Waals surface area contributed by atoms with Crippen LogP contribution in [0.4, 0.5) is 21.5 Å². The van der Waals surface area contributed by atoms with E-state index in [9.17, 15) is 18.8 Å². The molecular formula is C40H40ClFN4O3. The molecule has 1 heterocycles. The third kappa shape index (κ3) is 7.55. The molecule has 0 saturated heterocycles. The van der Waals surface area contributed by atoms with Crippen LogP contribution in [-0.2, 0) is 20.9 Å². The molecule has 9 heteroatoms. The maximum atomic E-state index is 14.7. The molecule has 7 nitrogen and oxygen atoms in total. The zero-order chi connectivity index (χ0) is 34.5. The van der Waals surface area contributed by atoms with Gasteiger partial charge in [-0.15, -0.1) is 6.58 Å². The number of hydrogen-bond acceptors (Lipinski definition) is 4. The number of nitrogens with zero attached hydrogens (tertiary/aromatic N) is 2. The van der Waals surface area contributed by atoms with Gasteiger partial charge in [0, 0.05) is 5.69 Å². The molecule has 1 saturated carbocycles. The highest BCUT2D eigenvalue weighted by Crippen LogP contribution is 2.39. The third-order valence-electron chi connectivity index (χ3n) is 9.72. The SMILES string of the molecule is C=CC[C@H](C(N)=O)[C@@H](CC1CCC1)C(=O)NC1CN(c2ccccc2)c2ccccc2N(Cc2cccc(-c3ccc(F)c(Cl)c3)c2)C1=O. The van der Waals surface area contributed by atoms with Gasteiger partial charge >= 0.3 is 0 Å². The molecule has 6 rings (SSSR count). The molecule has 252 valence electrons. The van der Waals surface area contributed by atoms with E-state index in [4.69, 9.17) is 17.3 Å². The Balaban J connectivity index is 1.38. The van der Waals surface area contributed by atoms with Gasteiger partial charge in [-0.25, -0.2) is 4.39 Å². The zero-order valence-corrected chi connectivity index (χ0v) is 28.0. The van der Waals surface area contributed by atoms with Gasteiger partial charge in [-0.3, -0.25) is 14.4 Å². The number of hydrogen-bond donors (Lipinski definition) is 2. The van der Waals surface area contributed by atoms with E-state index in [1.807, 2.05) is 83.8 Å². The summed E-state index contributed by atoms with van der Waals surface area (Å²) in [5.74, 6) is -2.75. The first kappa shape index (κ1) is 33.9. The minimum absolute atomic E-state index is 0.0291. The average molecular weight is 679 g/mol. The maximum Gasteiger partial charge on any atom is 0.251 e. The lowest BCUT2D eigenvalue weighted by molar-refractivity contribution is -0.136. The zero-order valence-electron chi connectivity index (χ0n) is 27.2. The molecule has 3 amide bonds. The molecule has 0 aromatic heterocycles. The average Bonchev–Trinajstić information content (AvgIpc) is 3.19. The number of nitrogens with two attached hydrogens (primary N) is 1. The van der Waals surface area contributed by atoms with Crippen molar-refractivity contribution in [3.8, 4) is 11.1 Å². The molecule has 0 spiro atoms. The quantitative estimate of drug-likeness (QED) is 0.150. The van der Waals surface area contributed by atoms with Crippen LogP contribution in [0.3, 0.4) is 0 Å². The highest BCUT2D eigenvalue weighted by Gasteiger charge is 2.40. The van der Waals surface area contributed by atoms with E-state index < -0.39 is 29.6 Å². The highest BCUT2D eigenvalue weighted by molar-refractivity contribution is 6.31. The molecule has 1 unspecified atom stereocenters. The van der Waals surface area contributed by atoms with Crippen LogP contribution in [0.25, 0.3) is 11.1 Å². The molecule has 1 aliphatic heterocycles. The second-order valence-electron chi connectivity index (χ2n) is 12.9. The largest absolute Gasteiger partial charge is 0.369 e. The predicted octanol–water partition coefficient (Wildman–Crippen LogP) is 7.80. The number of allylic oxidation sites excluding steroid dienone is 1. The first-order valence-corrected chi connectivity index (χ1v) is 17.1. The Morgan fingerprint density at radius 3 is 2.33 bits per heavy atom. The maximum absolute atomic E-state index is 14.7. The minimum atomic E-state index is -0.944. The van der Waals surface area contributed by atoms with Crippen molar-refractivity contribution >= 4 is 46.4 Å². The molecule has 4 aromatic rings. The topological polar surface area (TPSA) is 95.7 Å². The van der Waals surface area contributed by atoms with Crippen LogP contribution in [-0.4, -0.2) is 30.3 Å². The fourth-order valence-electron chi connectivity index (χ4n) is 6.90. The van der Waals surface area contributed by atoms with Crippen LogP contribution >= 0.6 is 11.6 Å². The first-order valence-electron chi connectivity index (χ1n) is 16.7. The van der Waals surface area contributed by atoms with Crippen molar-refractivity contribution in [1.82, 2.24) is 5.32 Å². The Morgan fingerprint density at radius 1 is 0.939 bits per heavy atom. The van der Waals surface area contributed by atoms with E-state index >= 15 is 0 Å². The van der Waals surface area contributed by atoms with Gasteiger partial charge in [0.25, 0.3) is 5.91 Å². The third-order valence-corrected chi connectivity index (χ3v) is 10.0. The summed E-state index contributed by atoms with van der Waals surface area (Å²) >= 11 is 6.09. The Morgan fingerprint density at radius 2 is 1.65 bits per heavy atom. The smallest absolute Gasteiger partial charge is 0.251 e. The van der Waals surface area contributed by atoms with Crippen LogP contribution in [0.1, 0.15) is 37.7 Å². The second kappa shape index (κ2) is 15.1. The molecule has 3 atom stereocenters. The Labute approximate surface area is 291 Å². The number of benzene rings is 4. The summed E-state index contributed by atoms with van der Waals surface area (Å²) in [6.45, 7) is 4.18. The lowest BCUT2D eigenvalue weighted by Crippen LogP contribution is -2.54. The fourth-order valence-corrected chi connectivity index (χ4v) is 7.08. The number of anilines is 3. The number of carbonyl (C=O) groups excluding carboxylic acids is 3. The van der Waals surface area contributed by atoms with E-state index in [0.717, 1.165) is 47.3 Å². The molecule has 1 aliphatic carbocycles. The van der Waals surface area contributed by atoms with Gasteiger partial charge in [0.15, 0.2) is 0 Å². The van der Waals surface area contributed by atoms with E-state index in [0.29, 0.717) is 18.0 Å². The van der Waals surface area contributed by atoms with Crippen molar-refractivity contribution < 1.29 is 18.8 Å². The van der Waals surface area contributed by atoms with Crippen molar-refractivity contribution in [1.29, 1.82) is 0 Å².